The van der Waals surface area contributed by atoms with E-state index in [-0.39, 0.29) is 28.7 Å². The van der Waals surface area contributed by atoms with Crippen LogP contribution in [0.15, 0.2) is 23.1 Å². The van der Waals surface area contributed by atoms with E-state index in [0.29, 0.717) is 19.0 Å². The minimum atomic E-state index is -3.80. The van der Waals surface area contributed by atoms with Crippen molar-refractivity contribution < 1.29 is 18.1 Å². The van der Waals surface area contributed by atoms with Crippen molar-refractivity contribution in [2.24, 2.45) is 5.92 Å². The van der Waals surface area contributed by atoms with Crippen LogP contribution in [0.4, 0.5) is 11.4 Å². The number of hydrogen-bond donors (Lipinski definition) is 1. The first-order valence-electron chi connectivity index (χ1n) is 9.62. The molecule has 0 aromatic heterocycles. The third-order valence-corrected chi connectivity index (χ3v) is 6.73. The van der Waals surface area contributed by atoms with Gasteiger partial charge in [0.1, 0.15) is 5.69 Å². The molecular formula is C19H30N4O5S. The number of carbonyl (C=O) groups excluding carboxylic acids is 1. The van der Waals surface area contributed by atoms with E-state index in [4.69, 9.17) is 0 Å². The highest BCUT2D eigenvalue weighted by atomic mass is 32.2. The number of carbonyl (C=O) groups is 1. The quantitative estimate of drug-likeness (QED) is 0.552. The molecule has 0 atom stereocenters. The van der Waals surface area contributed by atoms with Gasteiger partial charge in [0, 0.05) is 31.7 Å². The molecule has 1 amide bonds. The second-order valence-corrected chi connectivity index (χ2v) is 10.6. The fourth-order valence-corrected chi connectivity index (χ4v) is 4.76. The van der Waals surface area contributed by atoms with Gasteiger partial charge in [-0.25, -0.2) is 8.42 Å². The van der Waals surface area contributed by atoms with Crippen molar-refractivity contribution in [2.75, 3.05) is 31.6 Å². The van der Waals surface area contributed by atoms with Gasteiger partial charge in [-0.15, -0.1) is 0 Å². The van der Waals surface area contributed by atoms with E-state index in [9.17, 15) is 23.3 Å². The van der Waals surface area contributed by atoms with Gasteiger partial charge in [-0.05, 0) is 51.7 Å². The van der Waals surface area contributed by atoms with Crippen LogP contribution in [-0.4, -0.2) is 55.8 Å². The number of piperidine rings is 1. The van der Waals surface area contributed by atoms with E-state index in [1.54, 1.807) is 7.05 Å². The summed E-state index contributed by atoms with van der Waals surface area (Å²) in [6.45, 7) is 8.33. The Labute approximate surface area is 172 Å². The zero-order valence-electron chi connectivity index (χ0n) is 17.6. The minimum Gasteiger partial charge on any atom is -0.360 e. The smallest absolute Gasteiger partial charge is 0.293 e. The molecule has 10 heteroatoms. The number of hydrogen-bond acceptors (Lipinski definition) is 6. The lowest BCUT2D eigenvalue weighted by Gasteiger charge is -2.29. The van der Waals surface area contributed by atoms with Crippen LogP contribution in [0.25, 0.3) is 0 Å². The molecule has 1 aliphatic rings. The molecule has 0 unspecified atom stereocenters. The normalized spacial score (nSPS) is 16.4. The average Bonchev–Trinajstić information content (AvgIpc) is 2.59. The largest absolute Gasteiger partial charge is 0.360 e. The summed E-state index contributed by atoms with van der Waals surface area (Å²) in [6.07, 6.45) is 1.54. The van der Waals surface area contributed by atoms with Gasteiger partial charge in [0.25, 0.3) is 5.69 Å². The molecule has 1 N–H and O–H groups in total. The molecule has 0 saturated carbocycles. The monoisotopic (exact) mass is 426 g/mol. The van der Waals surface area contributed by atoms with Crippen molar-refractivity contribution in [2.45, 2.75) is 51.0 Å². The number of rotatable bonds is 6. The van der Waals surface area contributed by atoms with E-state index in [2.05, 4.69) is 12.2 Å². The van der Waals surface area contributed by atoms with Crippen molar-refractivity contribution in [1.29, 1.82) is 0 Å². The van der Waals surface area contributed by atoms with E-state index >= 15 is 0 Å². The molecule has 2 rings (SSSR count). The van der Waals surface area contributed by atoms with Gasteiger partial charge >= 0.3 is 0 Å². The fraction of sp³-hybridized carbons (Fsp3) is 0.632. The van der Waals surface area contributed by atoms with Gasteiger partial charge in [0.05, 0.1) is 16.4 Å². The Balaban J connectivity index is 2.28. The lowest BCUT2D eigenvalue weighted by Crippen LogP contribution is -2.45. The van der Waals surface area contributed by atoms with Crippen molar-refractivity contribution in [3.63, 3.8) is 0 Å². The zero-order valence-corrected chi connectivity index (χ0v) is 18.5. The van der Waals surface area contributed by atoms with Crippen molar-refractivity contribution in [3.05, 3.63) is 28.3 Å². The van der Waals surface area contributed by atoms with Gasteiger partial charge in [-0.2, -0.15) is 4.31 Å². The number of likely N-dealkylation sites (N-methyl/N-ethyl adjacent to an activating group) is 1. The van der Waals surface area contributed by atoms with E-state index < -0.39 is 20.5 Å². The summed E-state index contributed by atoms with van der Waals surface area (Å²) in [7, 11) is -2.24. The Morgan fingerprint density at radius 3 is 2.41 bits per heavy atom. The van der Waals surface area contributed by atoms with Crippen LogP contribution >= 0.6 is 0 Å². The van der Waals surface area contributed by atoms with Gasteiger partial charge in [-0.3, -0.25) is 14.9 Å². The predicted octanol–water partition coefficient (Wildman–Crippen LogP) is 2.37. The first-order chi connectivity index (χ1) is 13.3. The average molecular weight is 427 g/mol. The molecule has 1 fully saturated rings. The first-order valence-corrected chi connectivity index (χ1v) is 11.1. The van der Waals surface area contributed by atoms with Crippen LogP contribution in [0, 0.1) is 16.0 Å². The highest BCUT2D eigenvalue weighted by molar-refractivity contribution is 7.89. The Hall–Kier alpha value is -2.20. The highest BCUT2D eigenvalue weighted by Gasteiger charge is 2.31. The summed E-state index contributed by atoms with van der Waals surface area (Å²) < 4.78 is 27.2. The van der Waals surface area contributed by atoms with Gasteiger partial charge < -0.3 is 10.2 Å². The fourth-order valence-electron chi connectivity index (χ4n) is 3.27. The zero-order chi connectivity index (χ0) is 22.0. The third-order valence-electron chi connectivity index (χ3n) is 4.83. The molecule has 1 heterocycles. The number of benzene rings is 1. The Morgan fingerprint density at radius 1 is 1.31 bits per heavy atom. The molecule has 162 valence electrons. The topological polar surface area (TPSA) is 113 Å². The number of amides is 1. The standard InChI is InChI=1S/C19H30N4O5S/c1-14-8-10-22(11-9-14)29(27,28)15-6-7-16(17(12-15)23(25)26)21(5)13-18(24)20-19(2,3)4/h6-7,12,14H,8-11,13H2,1-5H3,(H,20,24). The van der Waals surface area contributed by atoms with Crippen molar-refractivity contribution >= 4 is 27.3 Å². The van der Waals surface area contributed by atoms with Gasteiger partial charge in [0.15, 0.2) is 0 Å². The van der Waals surface area contributed by atoms with Crippen molar-refractivity contribution in [3.8, 4) is 0 Å². The second-order valence-electron chi connectivity index (χ2n) is 8.65. The minimum absolute atomic E-state index is 0.0891. The molecule has 1 aromatic rings. The van der Waals surface area contributed by atoms with Crippen LogP contribution in [0.3, 0.4) is 0 Å². The van der Waals surface area contributed by atoms with Crippen LogP contribution in [-0.2, 0) is 14.8 Å². The molecule has 0 radical (unpaired) electrons. The predicted molar refractivity (Wildman–Crippen MR) is 111 cm³/mol. The lowest BCUT2D eigenvalue weighted by atomic mass is 10.0. The van der Waals surface area contributed by atoms with Crippen LogP contribution in [0.1, 0.15) is 40.5 Å². The lowest BCUT2D eigenvalue weighted by molar-refractivity contribution is -0.384. The summed E-state index contributed by atoms with van der Waals surface area (Å²) in [6, 6.07) is 3.84. The summed E-state index contributed by atoms with van der Waals surface area (Å²) in [4.78, 5) is 24.5. The number of nitrogens with zero attached hydrogens (tertiary/aromatic N) is 3. The van der Waals surface area contributed by atoms with Gasteiger partial charge in [-0.1, -0.05) is 6.92 Å². The van der Waals surface area contributed by atoms with Crippen LogP contribution < -0.4 is 10.2 Å². The molecule has 0 aliphatic carbocycles. The Morgan fingerprint density at radius 2 is 1.90 bits per heavy atom. The molecule has 0 bridgehead atoms. The summed E-state index contributed by atoms with van der Waals surface area (Å²) in [5.41, 5.74) is -0.582. The van der Waals surface area contributed by atoms with Gasteiger partial charge in [0.2, 0.25) is 15.9 Å². The first kappa shape index (κ1) is 23.1. The Kier molecular flexibility index (Phi) is 6.89. The van der Waals surface area contributed by atoms with E-state index in [0.717, 1.165) is 18.9 Å². The molecule has 0 spiro atoms. The molecule has 9 nitrogen and oxygen atoms in total. The van der Waals surface area contributed by atoms with Crippen LogP contribution in [0.2, 0.25) is 0 Å². The Bertz CT molecular complexity index is 871. The summed E-state index contributed by atoms with van der Waals surface area (Å²) >= 11 is 0. The third kappa shape index (κ3) is 5.89. The molecule has 1 aromatic carbocycles. The number of nitro groups is 1. The maximum absolute atomic E-state index is 12.9. The molecule has 29 heavy (non-hydrogen) atoms. The highest BCUT2D eigenvalue weighted by Crippen LogP contribution is 2.32. The molecule has 1 aliphatic heterocycles. The van der Waals surface area contributed by atoms with Crippen LogP contribution in [0.5, 0.6) is 0 Å². The van der Waals surface area contributed by atoms with E-state index in [1.807, 2.05) is 20.8 Å². The number of anilines is 1. The number of nitro benzene ring substituents is 1. The molecular weight excluding hydrogens is 396 g/mol. The maximum atomic E-state index is 12.9. The maximum Gasteiger partial charge on any atom is 0.293 e. The van der Waals surface area contributed by atoms with E-state index in [1.165, 1.54) is 21.3 Å². The number of nitrogens with one attached hydrogen (secondary N) is 1. The summed E-state index contributed by atoms with van der Waals surface area (Å²) in [5, 5.41) is 14.4. The number of sulfonamides is 1. The SMILES string of the molecule is CC1CCN(S(=O)(=O)c2ccc(N(C)CC(=O)NC(C)(C)C)c([N+](=O)[O-])c2)CC1. The molecule has 1 saturated heterocycles. The summed E-state index contributed by atoms with van der Waals surface area (Å²) in [5.74, 6) is 0.180. The van der Waals surface area contributed by atoms with Crippen molar-refractivity contribution in [1.82, 2.24) is 9.62 Å². The second kappa shape index (κ2) is 8.66.